The molecule has 1 N–H and O–H groups in total. The van der Waals surface area contributed by atoms with E-state index < -0.39 is 0 Å². The second-order valence-corrected chi connectivity index (χ2v) is 5.05. The lowest BCUT2D eigenvalue weighted by Gasteiger charge is -2.09. The Bertz CT molecular complexity index is 373. The second-order valence-electron chi connectivity index (χ2n) is 5.05. The molecule has 0 aliphatic heterocycles. The summed E-state index contributed by atoms with van der Waals surface area (Å²) >= 11 is 0. The van der Waals surface area contributed by atoms with Crippen LogP contribution in [0.3, 0.4) is 0 Å². The van der Waals surface area contributed by atoms with E-state index in [9.17, 15) is 0 Å². The van der Waals surface area contributed by atoms with Crippen molar-refractivity contribution in [3.63, 3.8) is 0 Å². The Kier molecular flexibility index (Phi) is 9.68. The molecule has 0 atom stereocenters. The maximum absolute atomic E-state index is 5.87. The maximum Gasteiger partial charge on any atom is 0.126 e. The van der Waals surface area contributed by atoms with Crippen molar-refractivity contribution >= 4 is 6.08 Å². The summed E-state index contributed by atoms with van der Waals surface area (Å²) in [6, 6.07) is 8.21. The molecule has 2 heteroatoms. The fourth-order valence-corrected chi connectivity index (χ4v) is 2.12. The van der Waals surface area contributed by atoms with Gasteiger partial charge in [0, 0.05) is 5.56 Å². The Labute approximate surface area is 124 Å². The molecule has 0 spiro atoms. The van der Waals surface area contributed by atoms with Crippen LogP contribution in [0.5, 0.6) is 5.75 Å². The normalized spacial score (nSPS) is 11.1. The van der Waals surface area contributed by atoms with Crippen LogP contribution in [0.15, 0.2) is 30.3 Å². The van der Waals surface area contributed by atoms with Gasteiger partial charge in [-0.25, -0.2) is 0 Å². The van der Waals surface area contributed by atoms with Gasteiger partial charge in [-0.3, -0.25) is 0 Å². The van der Waals surface area contributed by atoms with E-state index >= 15 is 0 Å². The van der Waals surface area contributed by atoms with Gasteiger partial charge >= 0.3 is 0 Å². The third-order valence-corrected chi connectivity index (χ3v) is 3.20. The summed E-state index contributed by atoms with van der Waals surface area (Å²) in [6.45, 7) is 7.35. The first-order valence-electron chi connectivity index (χ1n) is 7.93. The fraction of sp³-hybridized carbons (Fsp3) is 0.556. The average Bonchev–Trinajstić information content (AvgIpc) is 2.47. The van der Waals surface area contributed by atoms with Crippen LogP contribution >= 0.6 is 0 Å². The molecule has 0 radical (unpaired) electrons. The van der Waals surface area contributed by atoms with E-state index in [0.717, 1.165) is 31.9 Å². The molecular formula is C18H29NO. The molecule has 20 heavy (non-hydrogen) atoms. The number of ether oxygens (including phenoxy) is 1. The standard InChI is InChI=1S/C18H29NO/c1-3-11-17-12-7-8-13-18(17)20-16-10-6-5-9-15-19-14-4-2/h3,7-8,11-13,19H,4-6,9-10,14-16H2,1-2H3. The number of benzene rings is 1. The topological polar surface area (TPSA) is 21.3 Å². The van der Waals surface area contributed by atoms with Crippen LogP contribution in [0.4, 0.5) is 0 Å². The minimum atomic E-state index is 0.816. The van der Waals surface area contributed by atoms with E-state index in [1.807, 2.05) is 31.2 Å². The van der Waals surface area contributed by atoms with Crippen molar-refractivity contribution in [1.29, 1.82) is 0 Å². The molecule has 0 aliphatic carbocycles. The summed E-state index contributed by atoms with van der Waals surface area (Å²) < 4.78 is 5.87. The SMILES string of the molecule is CC=Cc1ccccc1OCCCCCCNCCC. The molecule has 0 aliphatic rings. The lowest BCUT2D eigenvalue weighted by Crippen LogP contribution is -2.15. The van der Waals surface area contributed by atoms with Crippen molar-refractivity contribution < 1.29 is 4.74 Å². The molecule has 2 nitrogen and oxygen atoms in total. The highest BCUT2D eigenvalue weighted by Gasteiger charge is 1.99. The Balaban J connectivity index is 2.09. The molecule has 0 unspecified atom stereocenters. The number of rotatable bonds is 11. The number of para-hydroxylation sites is 1. The van der Waals surface area contributed by atoms with E-state index in [0.29, 0.717) is 0 Å². The zero-order valence-corrected chi connectivity index (χ0v) is 13.0. The van der Waals surface area contributed by atoms with Crippen molar-refractivity contribution in [1.82, 2.24) is 5.32 Å². The van der Waals surface area contributed by atoms with Crippen LogP contribution in [-0.4, -0.2) is 19.7 Å². The minimum absolute atomic E-state index is 0.816. The Morgan fingerprint density at radius 3 is 2.65 bits per heavy atom. The number of nitrogens with one attached hydrogen (secondary N) is 1. The average molecular weight is 275 g/mol. The first kappa shape index (κ1) is 16.8. The molecule has 0 saturated heterocycles. The number of hydrogen-bond donors (Lipinski definition) is 1. The second kappa shape index (κ2) is 11.5. The monoisotopic (exact) mass is 275 g/mol. The van der Waals surface area contributed by atoms with Gasteiger partial charge < -0.3 is 10.1 Å². The quantitative estimate of drug-likeness (QED) is 0.593. The predicted octanol–water partition coefficient (Wildman–Crippen LogP) is 4.66. The number of unbranched alkanes of at least 4 members (excludes halogenated alkanes) is 3. The van der Waals surface area contributed by atoms with Gasteiger partial charge in [0.25, 0.3) is 0 Å². The van der Waals surface area contributed by atoms with E-state index in [1.165, 1.54) is 31.2 Å². The lowest BCUT2D eigenvalue weighted by atomic mass is 10.2. The zero-order chi connectivity index (χ0) is 14.5. The number of hydrogen-bond acceptors (Lipinski definition) is 2. The Hall–Kier alpha value is -1.28. The third kappa shape index (κ3) is 7.34. The van der Waals surface area contributed by atoms with Crippen LogP contribution in [-0.2, 0) is 0 Å². The van der Waals surface area contributed by atoms with Crippen LogP contribution < -0.4 is 10.1 Å². The molecule has 0 saturated carbocycles. The van der Waals surface area contributed by atoms with Gasteiger partial charge in [0.1, 0.15) is 5.75 Å². The van der Waals surface area contributed by atoms with Gasteiger partial charge in [-0.05, 0) is 45.3 Å². The highest BCUT2D eigenvalue weighted by atomic mass is 16.5. The van der Waals surface area contributed by atoms with Crippen LogP contribution in [0.25, 0.3) is 6.08 Å². The minimum Gasteiger partial charge on any atom is -0.493 e. The highest BCUT2D eigenvalue weighted by molar-refractivity contribution is 5.56. The summed E-state index contributed by atoms with van der Waals surface area (Å²) in [5, 5.41) is 3.43. The van der Waals surface area contributed by atoms with E-state index in [1.54, 1.807) is 0 Å². The fourth-order valence-electron chi connectivity index (χ4n) is 2.12. The molecule has 0 heterocycles. The molecule has 1 aromatic carbocycles. The molecule has 0 aromatic heterocycles. The Morgan fingerprint density at radius 1 is 1.05 bits per heavy atom. The van der Waals surface area contributed by atoms with Crippen LogP contribution in [0, 0.1) is 0 Å². The van der Waals surface area contributed by atoms with Crippen molar-refractivity contribution in [2.24, 2.45) is 0 Å². The zero-order valence-electron chi connectivity index (χ0n) is 13.0. The van der Waals surface area contributed by atoms with E-state index in [4.69, 9.17) is 4.74 Å². The van der Waals surface area contributed by atoms with Crippen molar-refractivity contribution in [2.75, 3.05) is 19.7 Å². The number of allylic oxidation sites excluding steroid dienone is 1. The van der Waals surface area contributed by atoms with E-state index in [2.05, 4.69) is 24.4 Å². The van der Waals surface area contributed by atoms with Crippen molar-refractivity contribution in [3.8, 4) is 5.75 Å². The van der Waals surface area contributed by atoms with Crippen LogP contribution in [0.1, 0.15) is 51.5 Å². The van der Waals surface area contributed by atoms with Gasteiger partial charge in [0.05, 0.1) is 6.61 Å². The largest absolute Gasteiger partial charge is 0.493 e. The van der Waals surface area contributed by atoms with Crippen molar-refractivity contribution in [2.45, 2.75) is 46.0 Å². The smallest absolute Gasteiger partial charge is 0.126 e. The first-order valence-corrected chi connectivity index (χ1v) is 7.93. The predicted molar refractivity (Wildman–Crippen MR) is 88.3 cm³/mol. The van der Waals surface area contributed by atoms with Gasteiger partial charge in [-0.2, -0.15) is 0 Å². The summed E-state index contributed by atoms with van der Waals surface area (Å²) in [4.78, 5) is 0. The van der Waals surface area contributed by atoms with Gasteiger partial charge in [-0.15, -0.1) is 0 Å². The Morgan fingerprint density at radius 2 is 1.85 bits per heavy atom. The molecule has 0 fully saturated rings. The molecule has 0 bridgehead atoms. The lowest BCUT2D eigenvalue weighted by molar-refractivity contribution is 0.304. The van der Waals surface area contributed by atoms with Gasteiger partial charge in [-0.1, -0.05) is 50.1 Å². The third-order valence-electron chi connectivity index (χ3n) is 3.20. The summed E-state index contributed by atoms with van der Waals surface area (Å²) in [7, 11) is 0. The van der Waals surface area contributed by atoms with Crippen LogP contribution in [0.2, 0.25) is 0 Å². The van der Waals surface area contributed by atoms with Crippen molar-refractivity contribution in [3.05, 3.63) is 35.9 Å². The first-order chi connectivity index (χ1) is 9.88. The molecular weight excluding hydrogens is 246 g/mol. The molecule has 112 valence electrons. The molecule has 1 aromatic rings. The van der Waals surface area contributed by atoms with Gasteiger partial charge in [0.2, 0.25) is 0 Å². The van der Waals surface area contributed by atoms with Gasteiger partial charge in [0.15, 0.2) is 0 Å². The molecule has 0 amide bonds. The summed E-state index contributed by atoms with van der Waals surface area (Å²) in [5.74, 6) is 0.996. The summed E-state index contributed by atoms with van der Waals surface area (Å²) in [6.07, 6.45) is 10.3. The highest BCUT2D eigenvalue weighted by Crippen LogP contribution is 2.19. The molecule has 1 rings (SSSR count). The van der Waals surface area contributed by atoms with E-state index in [-0.39, 0.29) is 0 Å². The summed E-state index contributed by atoms with van der Waals surface area (Å²) in [5.41, 5.74) is 1.17. The maximum atomic E-state index is 5.87.